The molecule has 0 fully saturated rings. The molecule has 0 heterocycles. The summed E-state index contributed by atoms with van der Waals surface area (Å²) in [5.41, 5.74) is 7.38. The van der Waals surface area contributed by atoms with Crippen LogP contribution in [0.2, 0.25) is 0 Å². The van der Waals surface area contributed by atoms with Gasteiger partial charge in [0.1, 0.15) is 23.6 Å². The largest absolute Gasteiger partial charge is 0.508 e. The van der Waals surface area contributed by atoms with Gasteiger partial charge in [-0.15, -0.1) is 0 Å². The Morgan fingerprint density at radius 1 is 0.838 bits per heavy atom. The molecule has 2 aromatic rings. The molecular weight excluding hydrogens is 500 g/mol. The van der Waals surface area contributed by atoms with Gasteiger partial charge in [0.25, 0.3) is 0 Å². The fourth-order valence-corrected chi connectivity index (χ4v) is 3.83. The van der Waals surface area contributed by atoms with Crippen molar-refractivity contribution >= 4 is 35.5 Å². The van der Waals surface area contributed by atoms with Crippen LogP contribution in [-0.4, -0.2) is 75.7 Å². The van der Waals surface area contributed by atoms with Crippen molar-refractivity contribution in [3.05, 3.63) is 59.7 Å². The number of hydrogen-bond donors (Lipinski definition) is 7. The molecule has 3 unspecified atom stereocenters. The first-order valence-electron chi connectivity index (χ1n) is 11.5. The number of rotatable bonds is 14. The van der Waals surface area contributed by atoms with Crippen molar-refractivity contribution < 1.29 is 34.5 Å². The second-order valence-electron chi connectivity index (χ2n) is 8.37. The molecule has 12 heteroatoms. The Hall–Kier alpha value is -3.77. The number of aromatic hydroxyl groups is 2. The summed E-state index contributed by atoms with van der Waals surface area (Å²) >= 11 is 1.45. The third-order valence-corrected chi connectivity index (χ3v) is 6.05. The maximum Gasteiger partial charge on any atom is 0.326 e. The monoisotopic (exact) mass is 532 g/mol. The quantitative estimate of drug-likeness (QED) is 0.177. The summed E-state index contributed by atoms with van der Waals surface area (Å²) < 4.78 is 0. The van der Waals surface area contributed by atoms with E-state index in [1.165, 1.54) is 36.0 Å². The summed E-state index contributed by atoms with van der Waals surface area (Å²) in [6.45, 7) is -0.483. The molecule has 37 heavy (non-hydrogen) atoms. The van der Waals surface area contributed by atoms with Crippen LogP contribution in [0.5, 0.6) is 11.5 Å². The highest BCUT2D eigenvalue weighted by atomic mass is 32.2. The number of nitrogens with two attached hydrogens (primary N) is 1. The summed E-state index contributed by atoms with van der Waals surface area (Å²) in [7, 11) is 0. The number of aliphatic carboxylic acids is 1. The van der Waals surface area contributed by atoms with Crippen molar-refractivity contribution in [2.75, 3.05) is 18.6 Å². The zero-order chi connectivity index (χ0) is 27.4. The van der Waals surface area contributed by atoms with Crippen LogP contribution in [0.15, 0.2) is 48.5 Å². The second kappa shape index (κ2) is 14.7. The van der Waals surface area contributed by atoms with E-state index in [1.54, 1.807) is 24.3 Å². The van der Waals surface area contributed by atoms with Crippen molar-refractivity contribution in [2.45, 2.75) is 37.4 Å². The van der Waals surface area contributed by atoms with E-state index >= 15 is 0 Å². The lowest BCUT2D eigenvalue weighted by Crippen LogP contribution is -2.54. The molecule has 8 N–H and O–H groups in total. The molecular formula is C25H32N4O7S. The average molecular weight is 533 g/mol. The molecule has 3 amide bonds. The fourth-order valence-electron chi connectivity index (χ4n) is 3.36. The van der Waals surface area contributed by atoms with Crippen LogP contribution in [0.25, 0.3) is 0 Å². The number of phenols is 2. The van der Waals surface area contributed by atoms with E-state index in [0.717, 1.165) is 0 Å². The van der Waals surface area contributed by atoms with Crippen LogP contribution in [0.4, 0.5) is 0 Å². The van der Waals surface area contributed by atoms with Crippen molar-refractivity contribution in [2.24, 2.45) is 5.73 Å². The first kappa shape index (κ1) is 29.5. The standard InChI is InChI=1S/C25H32N4O7S/c1-37-11-10-20(25(35)36)28-22(32)14-27-24(34)21(13-16-4-8-18(31)9-5-16)29-23(33)19(26)12-15-2-6-17(30)7-3-15/h2-9,19-21,30-31H,10-14,26H2,1H3,(H,27,34)(H,28,32)(H,29,33)(H,35,36). The number of phenolic OH excluding ortho intramolecular Hbond substituents is 2. The SMILES string of the molecule is CSCCC(NC(=O)CNC(=O)C(Cc1ccc(O)cc1)NC(=O)C(N)Cc1ccc(O)cc1)C(=O)O. The summed E-state index contributed by atoms with van der Waals surface area (Å²) in [5.74, 6) is -2.46. The lowest BCUT2D eigenvalue weighted by atomic mass is 10.0. The second-order valence-corrected chi connectivity index (χ2v) is 9.35. The summed E-state index contributed by atoms with van der Waals surface area (Å²) in [6.07, 6.45) is 2.26. The highest BCUT2D eigenvalue weighted by Crippen LogP contribution is 2.13. The first-order chi connectivity index (χ1) is 17.6. The number of carbonyl (C=O) groups excluding carboxylic acids is 3. The number of carbonyl (C=O) groups is 4. The highest BCUT2D eigenvalue weighted by Gasteiger charge is 2.26. The molecule has 0 saturated carbocycles. The molecule has 0 aliphatic heterocycles. The zero-order valence-electron chi connectivity index (χ0n) is 20.3. The molecule has 200 valence electrons. The summed E-state index contributed by atoms with van der Waals surface area (Å²) in [6, 6.07) is 9.11. The Labute approximate surface area is 218 Å². The van der Waals surface area contributed by atoms with E-state index in [4.69, 9.17) is 5.73 Å². The molecule has 11 nitrogen and oxygen atoms in total. The Morgan fingerprint density at radius 2 is 1.38 bits per heavy atom. The smallest absolute Gasteiger partial charge is 0.326 e. The lowest BCUT2D eigenvalue weighted by Gasteiger charge is -2.21. The van der Waals surface area contributed by atoms with E-state index in [1.807, 2.05) is 6.26 Å². The predicted octanol–water partition coefficient (Wildman–Crippen LogP) is 0.134. The minimum atomic E-state index is -1.17. The van der Waals surface area contributed by atoms with Crippen molar-refractivity contribution in [1.29, 1.82) is 0 Å². The number of benzene rings is 2. The third-order valence-electron chi connectivity index (χ3n) is 5.41. The average Bonchev–Trinajstić information content (AvgIpc) is 2.87. The van der Waals surface area contributed by atoms with Gasteiger partial charge in [0.15, 0.2) is 0 Å². The molecule has 0 bridgehead atoms. The van der Waals surface area contributed by atoms with Crippen LogP contribution in [-0.2, 0) is 32.0 Å². The van der Waals surface area contributed by atoms with Gasteiger partial charge in [-0.3, -0.25) is 14.4 Å². The van der Waals surface area contributed by atoms with Crippen molar-refractivity contribution in [1.82, 2.24) is 16.0 Å². The van der Waals surface area contributed by atoms with Gasteiger partial charge < -0.3 is 37.0 Å². The zero-order valence-corrected chi connectivity index (χ0v) is 21.2. The highest BCUT2D eigenvalue weighted by molar-refractivity contribution is 7.98. The van der Waals surface area contributed by atoms with Gasteiger partial charge in [-0.2, -0.15) is 11.8 Å². The first-order valence-corrected chi connectivity index (χ1v) is 12.9. The third kappa shape index (κ3) is 10.4. The predicted molar refractivity (Wildman–Crippen MR) is 139 cm³/mol. The molecule has 2 rings (SSSR count). The van der Waals surface area contributed by atoms with Gasteiger partial charge in [0, 0.05) is 6.42 Å². The van der Waals surface area contributed by atoms with Gasteiger partial charge in [0.05, 0.1) is 12.6 Å². The van der Waals surface area contributed by atoms with Crippen molar-refractivity contribution in [3.63, 3.8) is 0 Å². The molecule has 0 spiro atoms. The van der Waals surface area contributed by atoms with Gasteiger partial charge in [-0.05, 0) is 60.2 Å². The van der Waals surface area contributed by atoms with E-state index in [2.05, 4.69) is 16.0 Å². The maximum absolute atomic E-state index is 12.9. The van der Waals surface area contributed by atoms with Gasteiger partial charge in [-0.25, -0.2) is 4.79 Å². The van der Waals surface area contributed by atoms with E-state index in [0.29, 0.717) is 16.9 Å². The topological polar surface area (TPSA) is 191 Å². The van der Waals surface area contributed by atoms with Gasteiger partial charge >= 0.3 is 5.97 Å². The van der Waals surface area contributed by atoms with Crippen LogP contribution < -0.4 is 21.7 Å². The Balaban J connectivity index is 2.04. The molecule has 0 aromatic heterocycles. The number of amides is 3. The molecule has 0 radical (unpaired) electrons. The molecule has 0 saturated heterocycles. The van der Waals surface area contributed by atoms with Crippen LogP contribution in [0, 0.1) is 0 Å². The molecule has 0 aliphatic rings. The van der Waals surface area contributed by atoms with Gasteiger partial charge in [0.2, 0.25) is 17.7 Å². The van der Waals surface area contributed by atoms with Crippen LogP contribution >= 0.6 is 11.8 Å². The van der Waals surface area contributed by atoms with E-state index < -0.39 is 48.4 Å². The number of carboxylic acid groups (broad SMARTS) is 1. The normalized spacial score (nSPS) is 13.1. The molecule has 0 aliphatic carbocycles. The van der Waals surface area contributed by atoms with E-state index in [-0.39, 0.29) is 30.8 Å². The lowest BCUT2D eigenvalue weighted by molar-refractivity contribution is -0.141. The number of nitrogens with one attached hydrogen (secondary N) is 3. The fraction of sp³-hybridized carbons (Fsp3) is 0.360. The van der Waals surface area contributed by atoms with Crippen LogP contribution in [0.1, 0.15) is 17.5 Å². The summed E-state index contributed by atoms with van der Waals surface area (Å²) in [4.78, 5) is 49.3. The number of thioether (sulfide) groups is 1. The van der Waals surface area contributed by atoms with Gasteiger partial charge in [-0.1, -0.05) is 24.3 Å². The number of hydrogen-bond acceptors (Lipinski definition) is 8. The van der Waals surface area contributed by atoms with E-state index in [9.17, 15) is 34.5 Å². The minimum Gasteiger partial charge on any atom is -0.508 e. The Bertz CT molecular complexity index is 1060. The molecule has 3 atom stereocenters. The number of carboxylic acids is 1. The van der Waals surface area contributed by atoms with Crippen LogP contribution in [0.3, 0.4) is 0 Å². The Morgan fingerprint density at radius 3 is 1.89 bits per heavy atom. The Kier molecular flexibility index (Phi) is 11.7. The minimum absolute atomic E-state index is 0.0378. The summed E-state index contributed by atoms with van der Waals surface area (Å²) in [5, 5.41) is 35.6. The molecule has 2 aromatic carbocycles. The van der Waals surface area contributed by atoms with Crippen molar-refractivity contribution in [3.8, 4) is 11.5 Å². The maximum atomic E-state index is 12.9.